The van der Waals surface area contributed by atoms with Crippen LogP contribution >= 0.6 is 0 Å². The summed E-state index contributed by atoms with van der Waals surface area (Å²) < 4.78 is 31.6. The van der Waals surface area contributed by atoms with E-state index in [0.717, 1.165) is 23.8 Å². The summed E-state index contributed by atoms with van der Waals surface area (Å²) in [5.74, 6) is -3.02. The van der Waals surface area contributed by atoms with Gasteiger partial charge in [0.05, 0.1) is 0 Å². The molecule has 23 heavy (non-hydrogen) atoms. The Balaban J connectivity index is 2.18. The van der Waals surface area contributed by atoms with Gasteiger partial charge in [0.1, 0.15) is 23.8 Å². The van der Waals surface area contributed by atoms with Gasteiger partial charge in [-0.15, -0.1) is 0 Å². The highest BCUT2D eigenvalue weighted by Crippen LogP contribution is 2.15. The summed E-state index contributed by atoms with van der Waals surface area (Å²) in [6.45, 7) is 1.17. The van der Waals surface area contributed by atoms with Crippen LogP contribution in [0.1, 0.15) is 18.1 Å². The zero-order valence-electron chi connectivity index (χ0n) is 12.4. The molecule has 0 aliphatic rings. The van der Waals surface area contributed by atoms with Crippen LogP contribution in [0.15, 0.2) is 54.1 Å². The van der Waals surface area contributed by atoms with Gasteiger partial charge >= 0.3 is 5.97 Å². The minimum absolute atomic E-state index is 0.00378. The average molecular weight is 316 g/mol. The Hall–Kier alpha value is -2.82. The summed E-state index contributed by atoms with van der Waals surface area (Å²) >= 11 is 0. The van der Waals surface area contributed by atoms with Crippen molar-refractivity contribution in [3.05, 3.63) is 76.9 Å². The first kappa shape index (κ1) is 16.5. The molecule has 0 N–H and O–H groups in total. The first-order valence-electron chi connectivity index (χ1n) is 6.86. The molecule has 2 rings (SSSR count). The highest BCUT2D eigenvalue weighted by molar-refractivity contribution is 6.19. The maximum Gasteiger partial charge on any atom is 0.342 e. The van der Waals surface area contributed by atoms with Crippen molar-refractivity contribution in [1.82, 2.24) is 0 Å². The second-order valence-electron chi connectivity index (χ2n) is 4.84. The summed E-state index contributed by atoms with van der Waals surface area (Å²) in [4.78, 5) is 23.6. The molecule has 3 nitrogen and oxygen atoms in total. The second-order valence-corrected chi connectivity index (χ2v) is 4.84. The number of ketones is 1. The topological polar surface area (TPSA) is 43.4 Å². The molecule has 0 fully saturated rings. The monoisotopic (exact) mass is 316 g/mol. The minimum atomic E-state index is -0.861. The van der Waals surface area contributed by atoms with E-state index in [4.69, 9.17) is 4.74 Å². The molecular weight excluding hydrogens is 302 g/mol. The van der Waals surface area contributed by atoms with E-state index >= 15 is 0 Å². The molecule has 0 atom stereocenters. The van der Waals surface area contributed by atoms with Crippen LogP contribution in [0.5, 0.6) is 0 Å². The van der Waals surface area contributed by atoms with Gasteiger partial charge in [0.15, 0.2) is 5.78 Å². The van der Waals surface area contributed by atoms with E-state index in [9.17, 15) is 18.4 Å². The number of esters is 1. The molecule has 0 aliphatic heterocycles. The van der Waals surface area contributed by atoms with E-state index in [1.165, 1.54) is 6.92 Å². The van der Waals surface area contributed by atoms with Gasteiger partial charge in [0, 0.05) is 11.6 Å². The standard InChI is InChI=1S/C18H14F2O3/c1-12(21)16(9-14-7-8-15(19)10-17(14)20)18(22)23-11-13-5-3-2-4-6-13/h2-10H,11H2,1H3/b16-9+. The van der Waals surface area contributed by atoms with Crippen LogP contribution in [0, 0.1) is 11.6 Å². The predicted molar refractivity (Wildman–Crippen MR) is 81.3 cm³/mol. The Labute approximate surface area is 132 Å². The van der Waals surface area contributed by atoms with Gasteiger partial charge in [-0.3, -0.25) is 4.79 Å². The molecule has 0 spiro atoms. The Bertz CT molecular complexity index is 752. The van der Waals surface area contributed by atoms with Crippen molar-refractivity contribution in [2.24, 2.45) is 0 Å². The second kappa shape index (κ2) is 7.45. The zero-order chi connectivity index (χ0) is 16.8. The van der Waals surface area contributed by atoms with E-state index in [-0.39, 0.29) is 17.7 Å². The van der Waals surface area contributed by atoms with Crippen molar-refractivity contribution in [2.45, 2.75) is 13.5 Å². The lowest BCUT2D eigenvalue weighted by Gasteiger charge is -2.07. The van der Waals surface area contributed by atoms with Gasteiger partial charge in [0.25, 0.3) is 0 Å². The molecule has 0 bridgehead atoms. The van der Waals surface area contributed by atoms with E-state index in [0.29, 0.717) is 6.07 Å². The van der Waals surface area contributed by atoms with Crippen molar-refractivity contribution in [2.75, 3.05) is 0 Å². The fourth-order valence-electron chi connectivity index (χ4n) is 1.88. The van der Waals surface area contributed by atoms with Crippen LogP contribution in [0.25, 0.3) is 6.08 Å². The SMILES string of the molecule is CC(=O)/C(=C\c1ccc(F)cc1F)C(=O)OCc1ccccc1. The van der Waals surface area contributed by atoms with Crippen LogP contribution in [-0.4, -0.2) is 11.8 Å². The third kappa shape index (κ3) is 4.57. The molecular formula is C18H14F2O3. The summed E-state index contributed by atoms with van der Waals surface area (Å²) in [6.07, 6.45) is 1.06. The van der Waals surface area contributed by atoms with E-state index in [1.54, 1.807) is 24.3 Å². The van der Waals surface area contributed by atoms with Gasteiger partial charge in [0.2, 0.25) is 0 Å². The third-order valence-corrected chi connectivity index (χ3v) is 3.07. The quantitative estimate of drug-likeness (QED) is 0.366. The fourth-order valence-corrected chi connectivity index (χ4v) is 1.88. The van der Waals surface area contributed by atoms with Gasteiger partial charge in [-0.2, -0.15) is 0 Å². The number of Topliss-reactive ketones (excluding diaryl/α,β-unsaturated/α-hetero) is 1. The largest absolute Gasteiger partial charge is 0.457 e. The molecule has 0 unspecified atom stereocenters. The molecule has 5 heteroatoms. The van der Waals surface area contributed by atoms with Crippen LogP contribution < -0.4 is 0 Å². The van der Waals surface area contributed by atoms with E-state index in [2.05, 4.69) is 0 Å². The summed E-state index contributed by atoms with van der Waals surface area (Å²) in [5, 5.41) is 0. The molecule has 0 aromatic heterocycles. The molecule has 118 valence electrons. The molecule has 0 amide bonds. The Morgan fingerprint density at radius 1 is 1.09 bits per heavy atom. The van der Waals surface area contributed by atoms with E-state index in [1.807, 2.05) is 6.07 Å². The molecule has 0 aliphatic carbocycles. The molecule has 0 saturated carbocycles. The summed E-state index contributed by atoms with van der Waals surface area (Å²) in [6, 6.07) is 11.8. The van der Waals surface area contributed by atoms with Crippen LogP contribution in [0.2, 0.25) is 0 Å². The number of hydrogen-bond donors (Lipinski definition) is 0. The summed E-state index contributed by atoms with van der Waals surface area (Å²) in [7, 11) is 0. The lowest BCUT2D eigenvalue weighted by molar-refractivity contribution is -0.141. The molecule has 2 aromatic rings. The molecule has 0 saturated heterocycles. The van der Waals surface area contributed by atoms with Crippen molar-refractivity contribution < 1.29 is 23.1 Å². The summed E-state index contributed by atoms with van der Waals surface area (Å²) in [5.41, 5.74) is 0.399. The predicted octanol–water partition coefficient (Wildman–Crippen LogP) is 3.68. The molecule has 0 heterocycles. The third-order valence-electron chi connectivity index (χ3n) is 3.07. The van der Waals surface area contributed by atoms with Crippen molar-refractivity contribution in [3.63, 3.8) is 0 Å². The first-order chi connectivity index (χ1) is 11.0. The highest BCUT2D eigenvalue weighted by Gasteiger charge is 2.17. The lowest BCUT2D eigenvalue weighted by atomic mass is 10.1. The van der Waals surface area contributed by atoms with Gasteiger partial charge in [-0.25, -0.2) is 13.6 Å². The van der Waals surface area contributed by atoms with Gasteiger partial charge in [-0.1, -0.05) is 30.3 Å². The fraction of sp³-hybridized carbons (Fsp3) is 0.111. The number of halogens is 2. The zero-order valence-corrected chi connectivity index (χ0v) is 12.4. The van der Waals surface area contributed by atoms with Gasteiger partial charge < -0.3 is 4.74 Å². The average Bonchev–Trinajstić information content (AvgIpc) is 2.52. The van der Waals surface area contributed by atoms with Crippen LogP contribution in [-0.2, 0) is 20.9 Å². The van der Waals surface area contributed by atoms with Gasteiger partial charge in [-0.05, 0) is 30.7 Å². The Morgan fingerprint density at radius 3 is 2.39 bits per heavy atom. The lowest BCUT2D eigenvalue weighted by Crippen LogP contribution is -2.13. The first-order valence-corrected chi connectivity index (χ1v) is 6.86. The maximum atomic E-state index is 13.6. The number of ether oxygens (including phenoxy) is 1. The normalized spacial score (nSPS) is 11.2. The van der Waals surface area contributed by atoms with E-state index < -0.39 is 23.4 Å². The van der Waals surface area contributed by atoms with Crippen molar-refractivity contribution in [3.8, 4) is 0 Å². The Kier molecular flexibility index (Phi) is 5.36. The van der Waals surface area contributed by atoms with Crippen molar-refractivity contribution >= 4 is 17.8 Å². The maximum absolute atomic E-state index is 13.6. The van der Waals surface area contributed by atoms with Crippen LogP contribution in [0.3, 0.4) is 0 Å². The van der Waals surface area contributed by atoms with Crippen LogP contribution in [0.4, 0.5) is 8.78 Å². The number of benzene rings is 2. The Morgan fingerprint density at radius 2 is 1.78 bits per heavy atom. The number of carbonyl (C=O) groups is 2. The minimum Gasteiger partial charge on any atom is -0.457 e. The molecule has 2 aromatic carbocycles. The van der Waals surface area contributed by atoms with Crippen molar-refractivity contribution in [1.29, 1.82) is 0 Å². The smallest absolute Gasteiger partial charge is 0.342 e. The number of carbonyl (C=O) groups excluding carboxylic acids is 2. The number of hydrogen-bond acceptors (Lipinski definition) is 3. The number of rotatable bonds is 5. The highest BCUT2D eigenvalue weighted by atomic mass is 19.1. The molecule has 0 radical (unpaired) electrons.